The van der Waals surface area contributed by atoms with Crippen LogP contribution in [0.4, 0.5) is 0 Å². The molecule has 0 spiro atoms. The van der Waals surface area contributed by atoms with Gasteiger partial charge in [0.15, 0.2) is 0 Å². The molecule has 158 valence electrons. The van der Waals surface area contributed by atoms with Gasteiger partial charge < -0.3 is 4.57 Å². The third-order valence-corrected chi connectivity index (χ3v) is 5.80. The third-order valence-electron chi connectivity index (χ3n) is 3.06. The quantitative estimate of drug-likeness (QED) is 0.489. The van der Waals surface area contributed by atoms with Crippen molar-refractivity contribution >= 4 is 33.9 Å². The first-order valence-corrected chi connectivity index (χ1v) is 11.6. The van der Waals surface area contributed by atoms with E-state index in [9.17, 15) is 8.42 Å². The van der Waals surface area contributed by atoms with Gasteiger partial charge in [-0.05, 0) is 69.3 Å². The summed E-state index contributed by atoms with van der Waals surface area (Å²) in [5.74, 6) is 0. The van der Waals surface area contributed by atoms with Crippen molar-refractivity contribution in [3.63, 3.8) is 0 Å². The number of pyridine rings is 1. The molecule has 0 unspecified atom stereocenters. The molecule has 0 atom stereocenters. The summed E-state index contributed by atoms with van der Waals surface area (Å²) >= 11 is 3.14. The van der Waals surface area contributed by atoms with Gasteiger partial charge >= 0.3 is 0 Å². The number of hydrogen-bond donors (Lipinski definition) is 3. The van der Waals surface area contributed by atoms with Crippen LogP contribution in [0.15, 0.2) is 82.2 Å². The van der Waals surface area contributed by atoms with Gasteiger partial charge in [0.25, 0.3) is 0 Å². The number of imidazole rings is 1. The van der Waals surface area contributed by atoms with Crippen LogP contribution in [0.2, 0.25) is 0 Å². The average Bonchev–Trinajstić information content (AvgIpc) is 3.16. The Morgan fingerprint density at radius 2 is 1.66 bits per heavy atom. The van der Waals surface area contributed by atoms with Crippen LogP contribution in [0.1, 0.15) is 0 Å². The van der Waals surface area contributed by atoms with Crippen molar-refractivity contribution < 1.29 is 8.42 Å². The molecule has 3 rings (SSSR count). The first-order chi connectivity index (χ1) is 13.9. The molecule has 0 fully saturated rings. The van der Waals surface area contributed by atoms with Crippen LogP contribution in [-0.4, -0.2) is 44.1 Å². The molecular weight excluding hydrogens is 428 g/mol. The van der Waals surface area contributed by atoms with Gasteiger partial charge in [-0.2, -0.15) is 0 Å². The van der Waals surface area contributed by atoms with E-state index < -0.39 is 10.0 Å². The lowest BCUT2D eigenvalue weighted by Crippen LogP contribution is -2.18. The molecule has 0 aliphatic carbocycles. The summed E-state index contributed by atoms with van der Waals surface area (Å²) < 4.78 is 32.1. The molecule has 3 aromatic rings. The fourth-order valence-electron chi connectivity index (χ4n) is 1.78. The highest BCUT2D eigenvalue weighted by atomic mass is 32.2. The van der Waals surface area contributed by atoms with Gasteiger partial charge in [0.05, 0.1) is 6.33 Å². The number of nitrogens with zero attached hydrogens (tertiary/aromatic N) is 3. The number of nitrogens with one attached hydrogen (secondary N) is 3. The summed E-state index contributed by atoms with van der Waals surface area (Å²) in [5.41, 5.74) is 0. The predicted molar refractivity (Wildman–Crippen MR) is 120 cm³/mol. The van der Waals surface area contributed by atoms with Crippen molar-refractivity contribution in [1.29, 1.82) is 0 Å². The summed E-state index contributed by atoms with van der Waals surface area (Å²) in [6.07, 6.45) is 6.56. The van der Waals surface area contributed by atoms with Crippen molar-refractivity contribution in [3.8, 4) is 0 Å². The monoisotopic (exact) mass is 454 g/mol. The molecule has 0 aliphatic heterocycles. The summed E-state index contributed by atoms with van der Waals surface area (Å²) in [6, 6.07) is 13.3. The Balaban J connectivity index is 0.000000219. The van der Waals surface area contributed by atoms with E-state index in [2.05, 4.69) is 36.3 Å². The second kappa shape index (κ2) is 14.1. The third kappa shape index (κ3) is 10.5. The first kappa shape index (κ1) is 25.1. The smallest absolute Gasteiger partial charge is 0.241 e. The SMILES string of the molecule is CNS(=O)(=O)c1cccnc1.CNSc1ccccc1.CNSc1cn(C)cn1. The molecule has 0 saturated carbocycles. The minimum atomic E-state index is -3.31. The highest BCUT2D eigenvalue weighted by Gasteiger charge is 2.09. The summed E-state index contributed by atoms with van der Waals surface area (Å²) in [6.45, 7) is 0. The lowest BCUT2D eigenvalue weighted by Gasteiger charge is -1.98. The Labute approximate surface area is 181 Å². The van der Waals surface area contributed by atoms with Gasteiger partial charge in [-0.1, -0.05) is 18.2 Å². The number of aromatic nitrogens is 3. The molecule has 0 saturated heterocycles. The zero-order chi connectivity index (χ0) is 21.5. The number of benzene rings is 1. The van der Waals surface area contributed by atoms with Gasteiger partial charge in [0.2, 0.25) is 10.0 Å². The molecule has 2 heterocycles. The standard InChI is InChI=1S/C7H9NS.C6H8N2O2S.C5H9N3S/c1-8-9-7-5-3-2-4-6-7;1-7-11(9,10)6-3-2-4-8-5-6;1-6-9-5-3-8(2)4-7-5/h2-6,8H,1H3;2-5,7H,1H3;3-4,6H,1-2H3. The molecule has 3 N–H and O–H groups in total. The Kier molecular flexibility index (Phi) is 12.3. The summed E-state index contributed by atoms with van der Waals surface area (Å²) in [4.78, 5) is 9.18. The molecule has 2 aromatic heterocycles. The molecular formula is C18H26N6O2S3. The van der Waals surface area contributed by atoms with Crippen molar-refractivity contribution in [2.45, 2.75) is 14.8 Å². The Morgan fingerprint density at radius 3 is 2.14 bits per heavy atom. The van der Waals surface area contributed by atoms with Crippen LogP contribution >= 0.6 is 23.9 Å². The zero-order valence-electron chi connectivity index (χ0n) is 16.7. The number of sulfonamides is 1. The second-order valence-electron chi connectivity index (χ2n) is 5.20. The maximum atomic E-state index is 11.0. The molecule has 8 nitrogen and oxygen atoms in total. The topological polar surface area (TPSA) is 101 Å². The Hall–Kier alpha value is -1.89. The predicted octanol–water partition coefficient (Wildman–Crippen LogP) is 2.55. The van der Waals surface area contributed by atoms with Crippen LogP contribution in [0, 0.1) is 0 Å². The van der Waals surface area contributed by atoms with E-state index in [4.69, 9.17) is 0 Å². The van der Waals surface area contributed by atoms with E-state index in [1.54, 1.807) is 24.3 Å². The van der Waals surface area contributed by atoms with E-state index in [-0.39, 0.29) is 4.90 Å². The minimum Gasteiger partial charge on any atom is -0.339 e. The molecule has 1 aromatic carbocycles. The number of hydrogen-bond acceptors (Lipinski definition) is 8. The Bertz CT molecular complexity index is 906. The molecule has 0 bridgehead atoms. The van der Waals surface area contributed by atoms with Crippen LogP contribution < -0.4 is 14.2 Å². The van der Waals surface area contributed by atoms with Gasteiger partial charge in [0.1, 0.15) is 9.92 Å². The van der Waals surface area contributed by atoms with Gasteiger partial charge in [0, 0.05) is 30.5 Å². The Morgan fingerprint density at radius 1 is 0.966 bits per heavy atom. The van der Waals surface area contributed by atoms with E-state index in [0.717, 1.165) is 5.03 Å². The minimum absolute atomic E-state index is 0.183. The zero-order valence-corrected chi connectivity index (χ0v) is 19.2. The van der Waals surface area contributed by atoms with Crippen LogP contribution in [0.25, 0.3) is 0 Å². The second-order valence-corrected chi connectivity index (χ2v) is 9.20. The van der Waals surface area contributed by atoms with Crippen LogP contribution in [0.5, 0.6) is 0 Å². The van der Waals surface area contributed by atoms with E-state index >= 15 is 0 Å². The maximum Gasteiger partial charge on any atom is 0.241 e. The molecule has 29 heavy (non-hydrogen) atoms. The van der Waals surface area contributed by atoms with Gasteiger partial charge in [-0.3, -0.25) is 14.4 Å². The van der Waals surface area contributed by atoms with Crippen molar-refractivity contribution in [2.75, 3.05) is 21.1 Å². The molecule has 11 heteroatoms. The molecule has 0 aliphatic rings. The normalized spacial score (nSPS) is 10.3. The highest BCUT2D eigenvalue weighted by Crippen LogP contribution is 2.11. The largest absolute Gasteiger partial charge is 0.339 e. The maximum absolute atomic E-state index is 11.0. The number of aryl methyl sites for hydroxylation is 1. The van der Waals surface area contributed by atoms with Gasteiger partial charge in [-0.25, -0.2) is 18.1 Å². The van der Waals surface area contributed by atoms with E-state index in [0.29, 0.717) is 0 Å². The fraction of sp³-hybridized carbons (Fsp3) is 0.222. The lowest BCUT2D eigenvalue weighted by molar-refractivity contribution is 0.588. The molecule has 0 radical (unpaired) electrons. The number of rotatable bonds is 6. The lowest BCUT2D eigenvalue weighted by atomic mass is 10.4. The van der Waals surface area contributed by atoms with Gasteiger partial charge in [-0.15, -0.1) is 0 Å². The fourth-order valence-corrected chi connectivity index (χ4v) is 3.53. The van der Waals surface area contributed by atoms with Crippen molar-refractivity contribution in [3.05, 3.63) is 67.4 Å². The summed E-state index contributed by atoms with van der Waals surface area (Å²) in [7, 11) is 3.79. The van der Waals surface area contributed by atoms with E-state index in [1.807, 2.05) is 50.1 Å². The van der Waals surface area contributed by atoms with Crippen molar-refractivity contribution in [2.24, 2.45) is 7.05 Å². The molecule has 0 amide bonds. The summed E-state index contributed by atoms with van der Waals surface area (Å²) in [5, 5.41) is 1.00. The van der Waals surface area contributed by atoms with Crippen molar-refractivity contribution in [1.82, 2.24) is 28.7 Å². The van der Waals surface area contributed by atoms with E-state index in [1.165, 1.54) is 42.4 Å². The first-order valence-electron chi connectivity index (χ1n) is 8.46. The van der Waals surface area contributed by atoms with Crippen LogP contribution in [0.3, 0.4) is 0 Å². The highest BCUT2D eigenvalue weighted by molar-refractivity contribution is 7.97. The average molecular weight is 455 g/mol. The van der Waals surface area contributed by atoms with Crippen LogP contribution in [-0.2, 0) is 17.1 Å².